The first-order chi connectivity index (χ1) is 14.1. The maximum absolute atomic E-state index is 13.8. The predicted octanol–water partition coefficient (Wildman–Crippen LogP) is 5.68. The highest BCUT2D eigenvalue weighted by atomic mass is 19.2. The maximum atomic E-state index is 13.8. The Bertz CT molecular complexity index is 870. The van der Waals surface area contributed by atoms with E-state index in [4.69, 9.17) is 4.74 Å². The largest absolute Gasteiger partial charge is 0.444 e. The summed E-state index contributed by atoms with van der Waals surface area (Å²) in [7, 11) is 0. The van der Waals surface area contributed by atoms with Gasteiger partial charge in [0.2, 0.25) is 0 Å². The lowest BCUT2D eigenvalue weighted by molar-refractivity contribution is 0.0204. The summed E-state index contributed by atoms with van der Waals surface area (Å²) < 4.78 is 32.6. The van der Waals surface area contributed by atoms with Gasteiger partial charge in [-0.25, -0.2) is 13.6 Å². The van der Waals surface area contributed by atoms with E-state index in [9.17, 15) is 13.6 Å². The predicted molar refractivity (Wildman–Crippen MR) is 115 cm³/mol. The van der Waals surface area contributed by atoms with Gasteiger partial charge in [0.15, 0.2) is 11.6 Å². The number of likely N-dealkylation sites (tertiary alicyclic amines) is 1. The zero-order valence-electron chi connectivity index (χ0n) is 18.1. The van der Waals surface area contributed by atoms with Crippen LogP contribution in [0.15, 0.2) is 42.5 Å². The van der Waals surface area contributed by atoms with Gasteiger partial charge in [0, 0.05) is 31.4 Å². The average Bonchev–Trinajstić information content (AvgIpc) is 2.68. The Morgan fingerprint density at radius 1 is 1.07 bits per heavy atom. The average molecular weight is 417 g/mol. The Hall–Kier alpha value is -2.63. The summed E-state index contributed by atoms with van der Waals surface area (Å²) in [4.78, 5) is 16.3. The number of piperidine rings is 1. The molecule has 162 valence electrons. The number of hydrogen-bond acceptors (Lipinski definition) is 3. The fraction of sp³-hybridized carbons (Fsp3) is 0.458. The van der Waals surface area contributed by atoms with E-state index in [0.29, 0.717) is 25.2 Å². The standard InChI is InChI=1S/C24H30F2N2O2/c1-17-5-8-19(9-6-17)28(16-18-7-10-21(25)22(26)15-18)20-11-13-27(14-12-20)23(29)30-24(2,3)4/h5-10,15,20H,11-14,16H2,1-4H3. The molecule has 3 rings (SSSR count). The van der Waals surface area contributed by atoms with Crippen LogP contribution in [0, 0.1) is 18.6 Å². The molecule has 4 nitrogen and oxygen atoms in total. The summed E-state index contributed by atoms with van der Waals surface area (Å²) in [5.74, 6) is -1.68. The van der Waals surface area contributed by atoms with E-state index in [1.165, 1.54) is 12.1 Å². The van der Waals surface area contributed by atoms with Gasteiger partial charge in [-0.3, -0.25) is 0 Å². The topological polar surface area (TPSA) is 32.8 Å². The van der Waals surface area contributed by atoms with E-state index >= 15 is 0 Å². The molecule has 0 unspecified atom stereocenters. The van der Waals surface area contributed by atoms with Crippen LogP contribution in [0.3, 0.4) is 0 Å². The van der Waals surface area contributed by atoms with Gasteiger partial charge in [0.25, 0.3) is 0 Å². The van der Waals surface area contributed by atoms with Crippen molar-refractivity contribution in [1.29, 1.82) is 0 Å². The number of ether oxygens (including phenoxy) is 1. The molecule has 2 aromatic carbocycles. The number of carbonyl (C=O) groups is 1. The number of hydrogen-bond donors (Lipinski definition) is 0. The molecule has 1 amide bonds. The van der Waals surface area contributed by atoms with Crippen LogP contribution in [0.5, 0.6) is 0 Å². The van der Waals surface area contributed by atoms with Gasteiger partial charge < -0.3 is 14.5 Å². The number of aryl methyl sites for hydroxylation is 1. The summed E-state index contributed by atoms with van der Waals surface area (Å²) in [6, 6.07) is 12.4. The van der Waals surface area contributed by atoms with Crippen molar-refractivity contribution >= 4 is 11.8 Å². The van der Waals surface area contributed by atoms with Crippen molar-refractivity contribution in [2.45, 2.75) is 58.7 Å². The van der Waals surface area contributed by atoms with Gasteiger partial charge in [0.05, 0.1) is 0 Å². The molecule has 30 heavy (non-hydrogen) atoms. The molecular formula is C24H30F2N2O2. The highest BCUT2D eigenvalue weighted by Gasteiger charge is 2.30. The summed E-state index contributed by atoms with van der Waals surface area (Å²) in [5.41, 5.74) is 2.38. The summed E-state index contributed by atoms with van der Waals surface area (Å²) in [6.45, 7) is 9.27. The van der Waals surface area contributed by atoms with Gasteiger partial charge >= 0.3 is 6.09 Å². The van der Waals surface area contributed by atoms with E-state index in [-0.39, 0.29) is 12.1 Å². The Morgan fingerprint density at radius 2 is 1.70 bits per heavy atom. The van der Waals surface area contributed by atoms with Gasteiger partial charge in [-0.05, 0) is 70.4 Å². The van der Waals surface area contributed by atoms with Crippen LogP contribution in [-0.2, 0) is 11.3 Å². The first-order valence-electron chi connectivity index (χ1n) is 10.4. The quantitative estimate of drug-likeness (QED) is 0.643. The van der Waals surface area contributed by atoms with Crippen LogP contribution in [-0.4, -0.2) is 35.7 Å². The lowest BCUT2D eigenvalue weighted by Crippen LogP contribution is -2.48. The third-order valence-corrected chi connectivity index (χ3v) is 5.26. The van der Waals surface area contributed by atoms with E-state index < -0.39 is 17.2 Å². The number of nitrogens with zero attached hydrogens (tertiary/aromatic N) is 2. The van der Waals surface area contributed by atoms with E-state index in [1.54, 1.807) is 11.0 Å². The lowest BCUT2D eigenvalue weighted by atomic mass is 10.0. The number of carbonyl (C=O) groups excluding carboxylic acids is 1. The Morgan fingerprint density at radius 3 is 2.27 bits per heavy atom. The monoisotopic (exact) mass is 416 g/mol. The molecule has 1 saturated heterocycles. The minimum atomic E-state index is -0.841. The van der Waals surface area contributed by atoms with Crippen LogP contribution < -0.4 is 4.90 Å². The first-order valence-corrected chi connectivity index (χ1v) is 10.4. The van der Waals surface area contributed by atoms with Crippen molar-refractivity contribution < 1.29 is 18.3 Å². The van der Waals surface area contributed by atoms with Crippen molar-refractivity contribution in [2.24, 2.45) is 0 Å². The molecule has 0 spiro atoms. The second kappa shape index (κ2) is 9.02. The second-order valence-electron chi connectivity index (χ2n) is 8.91. The smallest absolute Gasteiger partial charge is 0.410 e. The van der Waals surface area contributed by atoms with Crippen LogP contribution in [0.4, 0.5) is 19.3 Å². The van der Waals surface area contributed by atoms with E-state index in [0.717, 1.165) is 24.1 Å². The number of amides is 1. The molecule has 1 heterocycles. The normalized spacial score (nSPS) is 15.2. The summed E-state index contributed by atoms with van der Waals surface area (Å²) >= 11 is 0. The Balaban J connectivity index is 1.75. The van der Waals surface area contributed by atoms with Crippen molar-refractivity contribution in [3.8, 4) is 0 Å². The van der Waals surface area contributed by atoms with Crippen molar-refractivity contribution in [1.82, 2.24) is 4.90 Å². The van der Waals surface area contributed by atoms with Crippen molar-refractivity contribution in [3.05, 3.63) is 65.2 Å². The number of anilines is 1. The van der Waals surface area contributed by atoms with Crippen molar-refractivity contribution in [2.75, 3.05) is 18.0 Å². The van der Waals surface area contributed by atoms with Crippen LogP contribution in [0.25, 0.3) is 0 Å². The summed E-state index contributed by atoms with van der Waals surface area (Å²) in [6.07, 6.45) is 1.26. The number of halogens is 2. The molecule has 6 heteroatoms. The van der Waals surface area contributed by atoms with Crippen LogP contribution in [0.1, 0.15) is 44.7 Å². The Labute approximate surface area is 177 Å². The first kappa shape index (κ1) is 22.1. The lowest BCUT2D eigenvalue weighted by Gasteiger charge is -2.40. The fourth-order valence-electron chi connectivity index (χ4n) is 3.69. The molecule has 0 radical (unpaired) electrons. The SMILES string of the molecule is Cc1ccc(N(Cc2ccc(F)c(F)c2)C2CCN(C(=O)OC(C)(C)C)CC2)cc1. The van der Waals surface area contributed by atoms with Crippen LogP contribution in [0.2, 0.25) is 0 Å². The summed E-state index contributed by atoms with van der Waals surface area (Å²) in [5, 5.41) is 0. The number of rotatable bonds is 4. The third-order valence-electron chi connectivity index (χ3n) is 5.26. The highest BCUT2D eigenvalue weighted by Crippen LogP contribution is 2.27. The molecule has 1 aliphatic heterocycles. The molecule has 0 aromatic heterocycles. The molecule has 1 fully saturated rings. The maximum Gasteiger partial charge on any atom is 0.410 e. The second-order valence-corrected chi connectivity index (χ2v) is 8.91. The molecule has 0 atom stereocenters. The van der Waals surface area contributed by atoms with Gasteiger partial charge in [0.1, 0.15) is 5.60 Å². The molecule has 0 aliphatic carbocycles. The molecule has 1 aliphatic rings. The van der Waals surface area contributed by atoms with Crippen LogP contribution >= 0.6 is 0 Å². The zero-order valence-corrected chi connectivity index (χ0v) is 18.1. The van der Waals surface area contributed by atoms with Gasteiger partial charge in [-0.2, -0.15) is 0 Å². The fourth-order valence-corrected chi connectivity index (χ4v) is 3.69. The van der Waals surface area contributed by atoms with E-state index in [1.807, 2.05) is 39.8 Å². The number of benzene rings is 2. The minimum Gasteiger partial charge on any atom is -0.444 e. The third kappa shape index (κ3) is 5.71. The Kier molecular flexibility index (Phi) is 6.64. The van der Waals surface area contributed by atoms with Gasteiger partial charge in [-0.15, -0.1) is 0 Å². The minimum absolute atomic E-state index is 0.180. The highest BCUT2D eigenvalue weighted by molar-refractivity contribution is 5.68. The van der Waals surface area contributed by atoms with E-state index in [2.05, 4.69) is 17.0 Å². The molecule has 0 N–H and O–H groups in total. The molecular weight excluding hydrogens is 386 g/mol. The zero-order chi connectivity index (χ0) is 21.9. The molecule has 0 saturated carbocycles. The molecule has 2 aromatic rings. The molecule has 0 bridgehead atoms. The van der Waals surface area contributed by atoms with Crippen molar-refractivity contribution in [3.63, 3.8) is 0 Å². The van der Waals surface area contributed by atoms with Gasteiger partial charge in [-0.1, -0.05) is 23.8 Å².